The average molecular weight is 802 g/mol. The summed E-state index contributed by atoms with van der Waals surface area (Å²) in [6, 6.07) is 5.04. The summed E-state index contributed by atoms with van der Waals surface area (Å²) in [4.78, 5) is 48.0. The Kier molecular flexibility index (Phi) is 17.2. The highest BCUT2D eigenvalue weighted by Gasteiger charge is 2.19. The Hall–Kier alpha value is -4.56. The largest absolute Gasteiger partial charge is 0.370 e. The van der Waals surface area contributed by atoms with Gasteiger partial charge in [-0.15, -0.1) is 0 Å². The van der Waals surface area contributed by atoms with E-state index in [1.807, 2.05) is 19.2 Å². The van der Waals surface area contributed by atoms with Crippen molar-refractivity contribution in [1.82, 2.24) is 35.0 Å². The summed E-state index contributed by atoms with van der Waals surface area (Å²) in [6.07, 6.45) is 5.13. The van der Waals surface area contributed by atoms with Crippen LogP contribution in [0.4, 0.5) is 28.4 Å². The van der Waals surface area contributed by atoms with Gasteiger partial charge in [-0.05, 0) is 63.9 Å². The van der Waals surface area contributed by atoms with E-state index < -0.39 is 4.92 Å². The van der Waals surface area contributed by atoms with Crippen molar-refractivity contribution < 1.29 is 9.85 Å². The van der Waals surface area contributed by atoms with E-state index >= 15 is 0 Å². The number of hydrogen-bond donors (Lipinski definition) is 3. The number of anilines is 2. The number of aromatic nitrogens is 3. The molecule has 6 rings (SSSR count). The van der Waals surface area contributed by atoms with Gasteiger partial charge in [-0.3, -0.25) is 35.2 Å². The lowest BCUT2D eigenvalue weighted by molar-refractivity contribution is -0.385. The van der Waals surface area contributed by atoms with E-state index in [1.165, 1.54) is 25.4 Å². The van der Waals surface area contributed by atoms with Crippen LogP contribution >= 0.6 is 15.9 Å². The van der Waals surface area contributed by atoms with Crippen LogP contribution in [0.25, 0.3) is 0 Å². The average Bonchev–Trinajstić information content (AvgIpc) is 3.12. The van der Waals surface area contributed by atoms with Gasteiger partial charge in [0.2, 0.25) is 0 Å². The molecule has 0 aliphatic carbocycles. The second-order valence-corrected chi connectivity index (χ2v) is 14.0. The molecule has 19 heteroatoms. The minimum atomic E-state index is -0.451. The molecule has 6 heterocycles. The van der Waals surface area contributed by atoms with Gasteiger partial charge in [0.15, 0.2) is 5.96 Å². The van der Waals surface area contributed by atoms with Crippen molar-refractivity contribution >= 4 is 50.3 Å². The molecule has 0 unspecified atom stereocenters. The fourth-order valence-electron chi connectivity index (χ4n) is 5.39. The van der Waals surface area contributed by atoms with E-state index in [1.54, 1.807) is 26.1 Å². The van der Waals surface area contributed by atoms with Gasteiger partial charge in [0.25, 0.3) is 11.4 Å². The zero-order chi connectivity index (χ0) is 39.1. The minimum absolute atomic E-state index is 0.0411. The Bertz CT molecular complexity index is 1670. The molecule has 3 aromatic rings. The maximum atomic E-state index is 10.8. The van der Waals surface area contributed by atoms with Gasteiger partial charge in [-0.1, -0.05) is 0 Å². The van der Waals surface area contributed by atoms with Gasteiger partial charge in [-0.25, -0.2) is 4.99 Å². The maximum absolute atomic E-state index is 10.8. The number of aliphatic imine (C=N–C) groups is 1. The van der Waals surface area contributed by atoms with Gasteiger partial charge >= 0.3 is 0 Å². The van der Waals surface area contributed by atoms with Crippen LogP contribution in [0.15, 0.2) is 46.3 Å². The van der Waals surface area contributed by atoms with E-state index in [9.17, 15) is 20.2 Å². The van der Waals surface area contributed by atoms with Crippen molar-refractivity contribution in [3.63, 3.8) is 0 Å². The van der Waals surface area contributed by atoms with Gasteiger partial charge in [0.1, 0.15) is 11.4 Å². The van der Waals surface area contributed by atoms with Crippen LogP contribution in [-0.2, 0) is 0 Å². The Morgan fingerprint density at radius 1 is 0.679 bits per heavy atom. The zero-order valence-corrected chi connectivity index (χ0v) is 33.1. The molecule has 0 spiro atoms. The predicted octanol–water partition coefficient (Wildman–Crippen LogP) is 2.68. The summed E-state index contributed by atoms with van der Waals surface area (Å²) in [6.45, 7) is 17.8. The molecule has 18 nitrogen and oxygen atoms in total. The Labute approximate surface area is 319 Å². The van der Waals surface area contributed by atoms with Gasteiger partial charge in [0.05, 0.1) is 45.0 Å². The molecule has 0 bridgehead atoms. The number of nitro groups is 2. The molecule has 3 aliphatic heterocycles. The number of nitrogens with two attached hydrogens (primary N) is 2. The van der Waals surface area contributed by atoms with Gasteiger partial charge < -0.3 is 41.3 Å². The van der Waals surface area contributed by atoms with Crippen molar-refractivity contribution in [1.29, 1.82) is 0 Å². The first-order valence-corrected chi connectivity index (χ1v) is 18.1. The molecule has 0 aromatic carbocycles. The third-order valence-corrected chi connectivity index (χ3v) is 9.27. The summed E-state index contributed by atoms with van der Waals surface area (Å²) < 4.78 is 0.620. The first kappa shape index (κ1) is 42.8. The number of hydrogen-bond acceptors (Lipinski definition) is 14. The monoisotopic (exact) mass is 800 g/mol. The van der Waals surface area contributed by atoms with E-state index in [0.29, 0.717) is 15.9 Å². The SMILES string of the molecule is CN1CCNCC1.Cc1ncc(Br)cc1[N+](=O)[O-].Cc1ncc(N2CCN(C)CC2)cc1N=C(N)N.Cc1ncc(N2CCN(C)CC2)cc1[N+](=O)[O-]. The molecule has 0 radical (unpaired) electrons. The van der Waals surface area contributed by atoms with Gasteiger partial charge in [-0.2, -0.15) is 0 Å². The molecule has 290 valence electrons. The van der Waals surface area contributed by atoms with Crippen molar-refractivity contribution in [2.45, 2.75) is 20.8 Å². The number of piperazine rings is 3. The topological polar surface area (TPSA) is 218 Å². The Morgan fingerprint density at radius 3 is 1.51 bits per heavy atom. The minimum Gasteiger partial charge on any atom is -0.370 e. The van der Waals surface area contributed by atoms with E-state index in [-0.39, 0.29) is 22.3 Å². The van der Waals surface area contributed by atoms with Crippen LogP contribution in [0.1, 0.15) is 17.1 Å². The predicted molar refractivity (Wildman–Crippen MR) is 213 cm³/mol. The number of nitrogens with one attached hydrogen (secondary N) is 1. The summed E-state index contributed by atoms with van der Waals surface area (Å²) in [5.41, 5.74) is 15.4. The standard InChI is InChI=1S/C12H20N6.C11H16N4O2.C6H5BrN2O2.C5H12N2/c1-9-11(16-12(13)14)7-10(8-15-9)18-5-3-17(2)4-6-18;1-9-11(15(16)17)7-10(8-12-9)14-5-3-13(2)4-6-14;1-4-6(9(10)11)2-5(7)3-8-4;1-7-4-2-6-3-5-7/h7-8H,3-6H2,1-2H3,(H4,13,14,16);7-8H,3-6H2,1-2H3;2-3H,1H3;6H,2-5H2,1H3. The summed E-state index contributed by atoms with van der Waals surface area (Å²) in [7, 11) is 6.36. The van der Waals surface area contributed by atoms with Crippen LogP contribution < -0.4 is 26.6 Å². The zero-order valence-electron chi connectivity index (χ0n) is 31.5. The van der Waals surface area contributed by atoms with E-state index in [4.69, 9.17) is 11.5 Å². The molecule has 5 N–H and O–H groups in total. The fourth-order valence-corrected chi connectivity index (χ4v) is 5.71. The Morgan fingerprint density at radius 2 is 1.09 bits per heavy atom. The molecule has 53 heavy (non-hydrogen) atoms. The number of rotatable bonds is 5. The summed E-state index contributed by atoms with van der Waals surface area (Å²) in [5.74, 6) is 0.0652. The van der Waals surface area contributed by atoms with Crippen LogP contribution in [0.5, 0.6) is 0 Å². The number of likely N-dealkylation sites (N-methyl/N-ethyl adjacent to an activating group) is 3. The van der Waals surface area contributed by atoms with Crippen molar-refractivity contribution in [3.8, 4) is 0 Å². The molecule has 0 atom stereocenters. The molecule has 0 amide bonds. The summed E-state index contributed by atoms with van der Waals surface area (Å²) in [5, 5.41) is 24.4. The molecule has 3 fully saturated rings. The maximum Gasteiger partial charge on any atom is 0.292 e. The Balaban J connectivity index is 0.000000200. The fraction of sp³-hybridized carbons (Fsp3) is 0.529. The van der Waals surface area contributed by atoms with Crippen LogP contribution in [0.2, 0.25) is 0 Å². The first-order valence-electron chi connectivity index (χ1n) is 17.3. The molecule has 3 aliphatic rings. The van der Waals surface area contributed by atoms with Crippen molar-refractivity contribution in [2.75, 3.05) is 109 Å². The van der Waals surface area contributed by atoms with Crippen molar-refractivity contribution in [3.05, 3.63) is 78.6 Å². The third-order valence-electron chi connectivity index (χ3n) is 8.84. The van der Waals surface area contributed by atoms with Crippen molar-refractivity contribution in [2.24, 2.45) is 16.5 Å². The lowest BCUT2D eigenvalue weighted by Crippen LogP contribution is -2.44. The molecule has 3 aromatic heterocycles. The number of pyridine rings is 3. The van der Waals surface area contributed by atoms with Gasteiger partial charge in [0, 0.05) is 101 Å². The van der Waals surface area contributed by atoms with E-state index in [2.05, 4.69) is 86.8 Å². The molecule has 3 saturated heterocycles. The van der Waals surface area contributed by atoms with Crippen LogP contribution in [-0.4, -0.2) is 145 Å². The quantitative estimate of drug-likeness (QED) is 0.146. The number of nitrogens with zero attached hydrogens (tertiary/aromatic N) is 11. The lowest BCUT2D eigenvalue weighted by Gasteiger charge is -2.33. The highest BCUT2D eigenvalue weighted by Crippen LogP contribution is 2.25. The molecular weight excluding hydrogens is 748 g/mol. The van der Waals surface area contributed by atoms with Crippen LogP contribution in [0.3, 0.4) is 0 Å². The smallest absolute Gasteiger partial charge is 0.292 e. The lowest BCUT2D eigenvalue weighted by atomic mass is 10.2. The van der Waals surface area contributed by atoms with Crippen LogP contribution in [0, 0.1) is 41.0 Å². The molecular formula is C34H53BrN14O4. The molecule has 0 saturated carbocycles. The second-order valence-electron chi connectivity index (χ2n) is 13.0. The highest BCUT2D eigenvalue weighted by atomic mass is 79.9. The highest BCUT2D eigenvalue weighted by molar-refractivity contribution is 9.10. The third kappa shape index (κ3) is 14.4. The summed E-state index contributed by atoms with van der Waals surface area (Å²) >= 11 is 3.10. The van der Waals surface area contributed by atoms with E-state index in [0.717, 1.165) is 88.2 Å². The number of aryl methyl sites for hydroxylation is 3. The normalized spacial score (nSPS) is 16.5. The number of guanidine groups is 1. The first-order chi connectivity index (χ1) is 25.1. The second kappa shape index (κ2) is 21.2. The number of halogens is 1.